The summed E-state index contributed by atoms with van der Waals surface area (Å²) in [5.74, 6) is 0.655. The smallest absolute Gasteiger partial charge is 0.325 e. The Labute approximate surface area is 178 Å². The number of imide groups is 1. The van der Waals surface area contributed by atoms with Crippen molar-refractivity contribution >= 4 is 23.7 Å². The average Bonchev–Trinajstić information content (AvgIpc) is 3.21. The summed E-state index contributed by atoms with van der Waals surface area (Å²) in [5.41, 5.74) is -0.889. The minimum atomic E-state index is -0.870. The van der Waals surface area contributed by atoms with Gasteiger partial charge in [-0.2, -0.15) is 0 Å². The number of carbonyl (C=O) groups excluding carboxylic acids is 3. The summed E-state index contributed by atoms with van der Waals surface area (Å²) >= 11 is 0. The molecule has 1 aliphatic carbocycles. The molecule has 1 spiro atoms. The molecule has 0 radical (unpaired) electrons. The third-order valence-corrected chi connectivity index (χ3v) is 6.92. The van der Waals surface area contributed by atoms with Crippen molar-refractivity contribution in [1.82, 2.24) is 15.4 Å². The van der Waals surface area contributed by atoms with Gasteiger partial charge in [-0.3, -0.25) is 14.5 Å². The molecule has 1 aromatic heterocycles. The van der Waals surface area contributed by atoms with Gasteiger partial charge in [-0.25, -0.2) is 4.79 Å². The number of nitrogens with zero attached hydrogens (tertiary/aromatic N) is 2. The number of amides is 4. The number of hydrogen-bond donors (Lipinski definition) is 2. The maximum atomic E-state index is 13.1. The molecule has 0 bridgehead atoms. The zero-order valence-electron chi connectivity index (χ0n) is 18.9. The summed E-state index contributed by atoms with van der Waals surface area (Å²) < 4.78 is 5.25. The molecular weight excluding hydrogens is 384 g/mol. The largest absolute Gasteiger partial charge is 0.359 e. The Hall–Kier alpha value is -2.38. The van der Waals surface area contributed by atoms with E-state index in [4.69, 9.17) is 4.52 Å². The van der Waals surface area contributed by atoms with E-state index in [1.165, 1.54) is 0 Å². The van der Waals surface area contributed by atoms with Gasteiger partial charge in [-0.15, -0.1) is 0 Å². The van der Waals surface area contributed by atoms with Crippen molar-refractivity contribution in [2.75, 3.05) is 11.9 Å². The Morgan fingerprint density at radius 2 is 1.90 bits per heavy atom. The van der Waals surface area contributed by atoms with Crippen LogP contribution in [0.5, 0.6) is 0 Å². The second-order valence-corrected chi connectivity index (χ2v) is 10.4. The Morgan fingerprint density at radius 1 is 1.27 bits per heavy atom. The van der Waals surface area contributed by atoms with Gasteiger partial charge in [0.15, 0.2) is 5.82 Å². The minimum Gasteiger partial charge on any atom is -0.359 e. The number of aromatic nitrogens is 1. The van der Waals surface area contributed by atoms with Crippen molar-refractivity contribution < 1.29 is 18.9 Å². The van der Waals surface area contributed by atoms with Crippen molar-refractivity contribution in [3.63, 3.8) is 0 Å². The number of anilines is 1. The maximum Gasteiger partial charge on any atom is 0.325 e. The summed E-state index contributed by atoms with van der Waals surface area (Å²) in [4.78, 5) is 39.0. The molecule has 8 heteroatoms. The standard InChI is InChI=1S/C22H34N4O4/c1-7-21(5,6)14-8-10-22(11-9-14)18(28)26(19(29)24-22)13-17(27)23-16-12-15(30-25-16)20(2,3)4/h12,14H,7-11,13H2,1-6H3,(H,24,29)(H,23,25,27). The number of nitrogens with one attached hydrogen (secondary N) is 2. The van der Waals surface area contributed by atoms with Crippen LogP contribution in [0, 0.1) is 11.3 Å². The summed E-state index contributed by atoms with van der Waals surface area (Å²) in [5, 5.41) is 9.33. The fourth-order valence-corrected chi connectivity index (χ4v) is 4.35. The van der Waals surface area contributed by atoms with Gasteiger partial charge in [0, 0.05) is 11.5 Å². The first kappa shape index (κ1) is 22.3. The van der Waals surface area contributed by atoms with Gasteiger partial charge in [0.05, 0.1) is 0 Å². The topological polar surface area (TPSA) is 105 Å². The van der Waals surface area contributed by atoms with Crippen molar-refractivity contribution in [2.24, 2.45) is 11.3 Å². The quantitative estimate of drug-likeness (QED) is 0.707. The molecule has 0 unspecified atom stereocenters. The Balaban J connectivity index is 1.61. The van der Waals surface area contributed by atoms with Crippen LogP contribution in [0.15, 0.2) is 10.6 Å². The van der Waals surface area contributed by atoms with Gasteiger partial charge in [0.25, 0.3) is 5.91 Å². The van der Waals surface area contributed by atoms with Crippen LogP contribution >= 0.6 is 0 Å². The molecule has 1 saturated carbocycles. The van der Waals surface area contributed by atoms with Crippen molar-refractivity contribution in [1.29, 1.82) is 0 Å². The lowest BCUT2D eigenvalue weighted by Gasteiger charge is -2.42. The number of carbonyl (C=O) groups is 3. The Kier molecular flexibility index (Phi) is 5.73. The molecule has 1 saturated heterocycles. The molecule has 0 atom stereocenters. The molecule has 2 fully saturated rings. The average molecular weight is 419 g/mol. The van der Waals surface area contributed by atoms with Crippen molar-refractivity contribution in [3.8, 4) is 0 Å². The van der Waals surface area contributed by atoms with E-state index >= 15 is 0 Å². The molecule has 2 N–H and O–H groups in total. The van der Waals surface area contributed by atoms with Crippen molar-refractivity contribution in [2.45, 2.75) is 84.6 Å². The second kappa shape index (κ2) is 7.71. The summed E-state index contributed by atoms with van der Waals surface area (Å²) in [6, 6.07) is 1.15. The van der Waals surface area contributed by atoms with E-state index in [1.54, 1.807) is 6.07 Å². The Bertz CT molecular complexity index is 828. The van der Waals surface area contributed by atoms with Gasteiger partial charge >= 0.3 is 6.03 Å². The van der Waals surface area contributed by atoms with Gasteiger partial charge in [-0.1, -0.05) is 53.1 Å². The van der Waals surface area contributed by atoms with Crippen LogP contribution in [-0.2, 0) is 15.0 Å². The third-order valence-electron chi connectivity index (χ3n) is 6.92. The zero-order chi connectivity index (χ0) is 22.3. The summed E-state index contributed by atoms with van der Waals surface area (Å²) in [6.45, 7) is 12.3. The van der Waals surface area contributed by atoms with Crippen LogP contribution in [0.25, 0.3) is 0 Å². The number of rotatable bonds is 5. The SMILES string of the molecule is CCC(C)(C)C1CCC2(CC1)NC(=O)N(CC(=O)Nc1cc(C(C)(C)C)on1)C2=O. The van der Waals surface area contributed by atoms with Crippen LogP contribution in [0.4, 0.5) is 10.6 Å². The van der Waals surface area contributed by atoms with Crippen molar-refractivity contribution in [3.05, 3.63) is 11.8 Å². The predicted octanol–water partition coefficient (Wildman–Crippen LogP) is 3.83. The lowest BCUT2D eigenvalue weighted by atomic mass is 9.65. The molecule has 2 heterocycles. The molecule has 2 aliphatic rings. The van der Waals surface area contributed by atoms with Crippen LogP contribution in [0.2, 0.25) is 0 Å². The lowest BCUT2D eigenvalue weighted by Crippen LogP contribution is -2.51. The highest BCUT2D eigenvalue weighted by atomic mass is 16.5. The predicted molar refractivity (Wildman–Crippen MR) is 113 cm³/mol. The molecule has 30 heavy (non-hydrogen) atoms. The van der Waals surface area contributed by atoms with E-state index in [0.717, 1.165) is 24.2 Å². The van der Waals surface area contributed by atoms with Gasteiger partial charge in [0.2, 0.25) is 5.91 Å². The summed E-state index contributed by atoms with van der Waals surface area (Å²) in [6.07, 6.45) is 4.09. The lowest BCUT2D eigenvalue weighted by molar-refractivity contribution is -0.135. The molecule has 0 aromatic carbocycles. The van der Waals surface area contributed by atoms with E-state index in [-0.39, 0.29) is 29.1 Å². The Morgan fingerprint density at radius 3 is 2.43 bits per heavy atom. The molecule has 3 rings (SSSR count). The fraction of sp³-hybridized carbons (Fsp3) is 0.727. The molecule has 166 valence electrons. The van der Waals surface area contributed by atoms with E-state index in [2.05, 4.69) is 36.6 Å². The van der Waals surface area contributed by atoms with Crippen LogP contribution in [0.3, 0.4) is 0 Å². The third kappa shape index (κ3) is 4.23. The van der Waals surface area contributed by atoms with Crippen LogP contribution < -0.4 is 10.6 Å². The van der Waals surface area contributed by atoms with E-state index in [1.807, 2.05) is 20.8 Å². The summed E-state index contributed by atoms with van der Waals surface area (Å²) in [7, 11) is 0. The second-order valence-electron chi connectivity index (χ2n) is 10.4. The van der Waals surface area contributed by atoms with E-state index < -0.39 is 17.5 Å². The number of urea groups is 1. The van der Waals surface area contributed by atoms with Gasteiger partial charge in [-0.05, 0) is 37.0 Å². The van der Waals surface area contributed by atoms with Gasteiger partial charge < -0.3 is 15.2 Å². The maximum absolute atomic E-state index is 13.1. The zero-order valence-corrected chi connectivity index (χ0v) is 18.9. The molecular formula is C22H34N4O4. The van der Waals surface area contributed by atoms with Crippen LogP contribution in [-0.4, -0.2) is 40.0 Å². The van der Waals surface area contributed by atoms with Crippen LogP contribution in [0.1, 0.15) is 79.4 Å². The normalized spacial score (nSPS) is 25.0. The number of hydrogen-bond acceptors (Lipinski definition) is 5. The van der Waals surface area contributed by atoms with E-state index in [9.17, 15) is 14.4 Å². The van der Waals surface area contributed by atoms with Gasteiger partial charge in [0.1, 0.15) is 17.8 Å². The fourth-order valence-electron chi connectivity index (χ4n) is 4.35. The highest BCUT2D eigenvalue weighted by Gasteiger charge is 2.53. The molecule has 1 aromatic rings. The molecule has 1 aliphatic heterocycles. The first-order chi connectivity index (χ1) is 13.9. The van der Waals surface area contributed by atoms with E-state index in [0.29, 0.717) is 24.5 Å². The monoisotopic (exact) mass is 418 g/mol. The molecule has 8 nitrogen and oxygen atoms in total. The highest BCUT2D eigenvalue weighted by molar-refractivity contribution is 6.10. The highest BCUT2D eigenvalue weighted by Crippen LogP contribution is 2.45. The first-order valence-corrected chi connectivity index (χ1v) is 10.8. The first-order valence-electron chi connectivity index (χ1n) is 10.8. The minimum absolute atomic E-state index is 0.219. The molecule has 4 amide bonds.